The van der Waals surface area contributed by atoms with Crippen LogP contribution in [-0.2, 0) is 13.6 Å². The van der Waals surface area contributed by atoms with Crippen molar-refractivity contribution in [2.75, 3.05) is 0 Å². The fourth-order valence-electron chi connectivity index (χ4n) is 1.87. The Morgan fingerprint density at radius 1 is 1.52 bits per heavy atom. The van der Waals surface area contributed by atoms with Crippen molar-refractivity contribution in [2.24, 2.45) is 7.05 Å². The highest BCUT2D eigenvalue weighted by Crippen LogP contribution is 2.28. The summed E-state index contributed by atoms with van der Waals surface area (Å²) in [5, 5.41) is 17.6. The van der Waals surface area contributed by atoms with E-state index >= 15 is 0 Å². The van der Waals surface area contributed by atoms with Gasteiger partial charge >= 0.3 is 5.69 Å². The molecule has 0 aliphatic rings. The largest absolute Gasteiger partial charge is 0.348 e. The van der Waals surface area contributed by atoms with Gasteiger partial charge in [-0.25, -0.2) is 0 Å². The van der Waals surface area contributed by atoms with Crippen LogP contribution in [0.5, 0.6) is 0 Å². The summed E-state index contributed by atoms with van der Waals surface area (Å²) in [6.07, 6.45) is 1.64. The van der Waals surface area contributed by atoms with Gasteiger partial charge in [-0.05, 0) is 19.1 Å². The summed E-state index contributed by atoms with van der Waals surface area (Å²) in [6.45, 7) is 2.11. The molecule has 2 rings (SSSR count). The molecule has 1 N–H and O–H groups in total. The Morgan fingerprint density at radius 3 is 2.81 bits per heavy atom. The molecule has 1 heterocycles. The van der Waals surface area contributed by atoms with Crippen LogP contribution >= 0.6 is 11.6 Å². The maximum Gasteiger partial charge on any atom is 0.300 e. The third kappa shape index (κ3) is 3.03. The smallest absolute Gasteiger partial charge is 0.300 e. The van der Waals surface area contributed by atoms with Crippen molar-refractivity contribution < 1.29 is 9.72 Å². The van der Waals surface area contributed by atoms with Crippen molar-refractivity contribution in [2.45, 2.75) is 13.5 Å². The van der Waals surface area contributed by atoms with E-state index < -0.39 is 10.8 Å². The number of halogens is 1. The van der Waals surface area contributed by atoms with Crippen LogP contribution in [0.1, 0.15) is 21.6 Å². The number of aromatic nitrogens is 2. The van der Waals surface area contributed by atoms with Crippen LogP contribution in [-0.4, -0.2) is 20.6 Å². The predicted molar refractivity (Wildman–Crippen MR) is 77.2 cm³/mol. The summed E-state index contributed by atoms with van der Waals surface area (Å²) in [6, 6.07) is 4.25. The number of hydrogen-bond donors (Lipinski definition) is 1. The van der Waals surface area contributed by atoms with Gasteiger partial charge in [0.15, 0.2) is 0 Å². The summed E-state index contributed by atoms with van der Waals surface area (Å²) >= 11 is 5.78. The van der Waals surface area contributed by atoms with Crippen LogP contribution in [0.15, 0.2) is 24.4 Å². The van der Waals surface area contributed by atoms with Gasteiger partial charge in [-0.1, -0.05) is 17.7 Å². The Labute approximate surface area is 125 Å². The van der Waals surface area contributed by atoms with Crippen molar-refractivity contribution in [1.82, 2.24) is 15.1 Å². The molecular weight excluding hydrogens is 296 g/mol. The van der Waals surface area contributed by atoms with Crippen molar-refractivity contribution in [3.05, 3.63) is 56.4 Å². The number of para-hydroxylation sites is 1. The Hall–Kier alpha value is -2.41. The van der Waals surface area contributed by atoms with E-state index in [-0.39, 0.29) is 22.8 Å². The fraction of sp³-hybridized carbons (Fsp3) is 0.231. The molecule has 0 unspecified atom stereocenters. The number of nitrogens with one attached hydrogen (secondary N) is 1. The highest BCUT2D eigenvalue weighted by Gasteiger charge is 2.23. The third-order valence-corrected chi connectivity index (χ3v) is 3.50. The molecule has 1 aromatic heterocycles. The van der Waals surface area contributed by atoms with E-state index in [0.717, 1.165) is 11.3 Å². The van der Waals surface area contributed by atoms with E-state index in [9.17, 15) is 14.9 Å². The fourth-order valence-corrected chi connectivity index (χ4v) is 2.12. The SMILES string of the molecule is Cc1c(CNC(=O)c2cccc(Cl)c2[N+](=O)[O-])cnn1C. The molecule has 0 saturated carbocycles. The van der Waals surface area contributed by atoms with Gasteiger partial charge in [0.05, 0.1) is 11.1 Å². The summed E-state index contributed by atoms with van der Waals surface area (Å²) in [4.78, 5) is 22.5. The second-order valence-corrected chi connectivity index (χ2v) is 4.86. The first-order valence-corrected chi connectivity index (χ1v) is 6.48. The Bertz CT molecular complexity index is 711. The molecule has 1 amide bonds. The van der Waals surface area contributed by atoms with Gasteiger partial charge in [-0.15, -0.1) is 0 Å². The molecule has 0 saturated heterocycles. The minimum atomic E-state index is -0.660. The van der Waals surface area contributed by atoms with E-state index in [1.807, 2.05) is 6.92 Å². The van der Waals surface area contributed by atoms with Gasteiger partial charge < -0.3 is 5.32 Å². The number of hydrogen-bond acceptors (Lipinski definition) is 4. The highest BCUT2D eigenvalue weighted by atomic mass is 35.5. The maximum absolute atomic E-state index is 12.1. The van der Waals surface area contributed by atoms with Crippen LogP contribution in [0, 0.1) is 17.0 Å². The number of nitro groups is 1. The first-order chi connectivity index (χ1) is 9.91. The van der Waals surface area contributed by atoms with Crippen LogP contribution in [0.2, 0.25) is 5.02 Å². The molecule has 0 spiro atoms. The van der Waals surface area contributed by atoms with Crippen molar-refractivity contribution >= 4 is 23.2 Å². The zero-order valence-corrected chi connectivity index (χ0v) is 12.2. The molecule has 0 fully saturated rings. The lowest BCUT2D eigenvalue weighted by Gasteiger charge is -2.06. The van der Waals surface area contributed by atoms with E-state index in [0.29, 0.717) is 0 Å². The number of carbonyl (C=O) groups is 1. The lowest BCUT2D eigenvalue weighted by molar-refractivity contribution is -0.385. The highest BCUT2D eigenvalue weighted by molar-refractivity contribution is 6.33. The summed E-state index contributed by atoms with van der Waals surface area (Å²) in [7, 11) is 1.79. The predicted octanol–water partition coefficient (Wildman–Crippen LogP) is 2.22. The zero-order chi connectivity index (χ0) is 15.6. The standard InChI is InChI=1S/C13H13ClN4O3/c1-8-9(7-16-17(8)2)6-15-13(19)10-4-3-5-11(14)12(10)18(20)21/h3-5,7H,6H2,1-2H3,(H,15,19). The van der Waals surface area contributed by atoms with Gasteiger partial charge in [0.1, 0.15) is 10.6 Å². The normalized spacial score (nSPS) is 10.4. The Morgan fingerprint density at radius 2 is 2.24 bits per heavy atom. The number of nitro benzene ring substituents is 1. The topological polar surface area (TPSA) is 90.1 Å². The van der Waals surface area contributed by atoms with E-state index in [4.69, 9.17) is 11.6 Å². The van der Waals surface area contributed by atoms with Gasteiger partial charge in [0, 0.05) is 24.8 Å². The molecule has 0 radical (unpaired) electrons. The molecule has 7 nitrogen and oxygen atoms in total. The second kappa shape index (κ2) is 5.92. The number of amides is 1. The summed E-state index contributed by atoms with van der Waals surface area (Å²) in [5.41, 5.74) is 1.31. The molecule has 0 atom stereocenters. The molecule has 1 aromatic carbocycles. The van der Waals surface area contributed by atoms with Crippen LogP contribution in [0.4, 0.5) is 5.69 Å². The van der Waals surface area contributed by atoms with Crippen molar-refractivity contribution in [1.29, 1.82) is 0 Å². The minimum absolute atomic E-state index is 0.0611. The molecule has 0 aliphatic carbocycles. The van der Waals surface area contributed by atoms with Crippen LogP contribution < -0.4 is 5.32 Å². The molecule has 110 valence electrons. The number of aryl methyl sites for hydroxylation is 1. The van der Waals surface area contributed by atoms with Gasteiger partial charge in [-0.3, -0.25) is 19.6 Å². The average molecular weight is 309 g/mol. The average Bonchev–Trinajstić information content (AvgIpc) is 2.75. The number of carbonyl (C=O) groups excluding carboxylic acids is 1. The zero-order valence-electron chi connectivity index (χ0n) is 11.5. The Kier molecular flexibility index (Phi) is 4.23. The number of rotatable bonds is 4. The van der Waals surface area contributed by atoms with Crippen molar-refractivity contribution in [3.63, 3.8) is 0 Å². The Balaban J connectivity index is 2.20. The van der Waals surface area contributed by atoms with Gasteiger partial charge in [0.2, 0.25) is 0 Å². The first-order valence-electron chi connectivity index (χ1n) is 6.10. The molecule has 0 bridgehead atoms. The summed E-state index contributed by atoms with van der Waals surface area (Å²) in [5.74, 6) is -0.549. The lowest BCUT2D eigenvalue weighted by atomic mass is 10.1. The molecule has 8 heteroatoms. The van der Waals surface area contributed by atoms with Gasteiger partial charge in [-0.2, -0.15) is 5.10 Å². The van der Waals surface area contributed by atoms with Crippen LogP contribution in [0.3, 0.4) is 0 Å². The van der Waals surface area contributed by atoms with E-state index in [1.165, 1.54) is 18.2 Å². The minimum Gasteiger partial charge on any atom is -0.348 e. The van der Waals surface area contributed by atoms with Crippen LogP contribution in [0.25, 0.3) is 0 Å². The lowest BCUT2D eigenvalue weighted by Crippen LogP contribution is -2.24. The number of nitrogens with zero attached hydrogens (tertiary/aromatic N) is 3. The first kappa shape index (κ1) is 15.0. The third-order valence-electron chi connectivity index (χ3n) is 3.19. The molecular formula is C13H13ClN4O3. The summed E-state index contributed by atoms with van der Waals surface area (Å²) < 4.78 is 1.68. The van der Waals surface area contributed by atoms with E-state index in [1.54, 1.807) is 17.9 Å². The molecule has 2 aromatic rings. The number of benzene rings is 1. The maximum atomic E-state index is 12.1. The monoisotopic (exact) mass is 308 g/mol. The molecule has 21 heavy (non-hydrogen) atoms. The van der Waals surface area contributed by atoms with Crippen molar-refractivity contribution in [3.8, 4) is 0 Å². The second-order valence-electron chi connectivity index (χ2n) is 4.45. The van der Waals surface area contributed by atoms with Gasteiger partial charge in [0.25, 0.3) is 5.91 Å². The molecule has 0 aliphatic heterocycles. The van der Waals surface area contributed by atoms with E-state index in [2.05, 4.69) is 10.4 Å². The quantitative estimate of drug-likeness (QED) is 0.692.